The Hall–Kier alpha value is -2.16. The maximum atomic E-state index is 12.0. The van der Waals surface area contributed by atoms with Crippen LogP contribution >= 0.6 is 35.6 Å². The predicted octanol–water partition coefficient (Wildman–Crippen LogP) is 3.22. The van der Waals surface area contributed by atoms with Gasteiger partial charge in [-0.1, -0.05) is 17.7 Å². The number of hydrazine groups is 1. The molecule has 3 rings (SSSR count). The molecule has 0 fully saturated rings. The molecule has 136 valence electrons. The summed E-state index contributed by atoms with van der Waals surface area (Å²) in [6.07, 6.45) is 0. The number of carbonyl (C=O) groups is 1. The molecule has 1 heterocycles. The van der Waals surface area contributed by atoms with Crippen molar-refractivity contribution in [2.45, 2.75) is 4.90 Å². The van der Waals surface area contributed by atoms with Crippen molar-refractivity contribution in [3.05, 3.63) is 47.5 Å². The molecule has 9 heteroatoms. The molecular formula is C17H16ClN3O3S2. The van der Waals surface area contributed by atoms with Gasteiger partial charge in [0.25, 0.3) is 0 Å². The minimum atomic E-state index is -0.208. The van der Waals surface area contributed by atoms with E-state index >= 15 is 0 Å². The van der Waals surface area contributed by atoms with Crippen molar-refractivity contribution in [3.8, 4) is 11.5 Å². The van der Waals surface area contributed by atoms with Crippen molar-refractivity contribution in [3.63, 3.8) is 0 Å². The first-order chi connectivity index (χ1) is 12.6. The first kappa shape index (κ1) is 18.6. The first-order valence-corrected chi connectivity index (χ1v) is 9.51. The van der Waals surface area contributed by atoms with Gasteiger partial charge in [-0.3, -0.25) is 15.6 Å². The van der Waals surface area contributed by atoms with Crippen LogP contribution in [0.2, 0.25) is 5.02 Å². The molecule has 2 aromatic carbocycles. The molecule has 0 bridgehead atoms. The topological polar surface area (TPSA) is 71.6 Å². The van der Waals surface area contributed by atoms with E-state index in [1.165, 1.54) is 11.8 Å². The van der Waals surface area contributed by atoms with Gasteiger partial charge in [-0.15, -0.1) is 11.8 Å². The number of carbonyl (C=O) groups excluding carboxylic acids is 1. The lowest BCUT2D eigenvalue weighted by molar-refractivity contribution is -0.119. The van der Waals surface area contributed by atoms with Crippen LogP contribution in [0.3, 0.4) is 0 Å². The standard InChI is InChI=1S/C17H16ClN3O3S2/c18-11-2-1-3-12(8-11)19-17(25)21-20-16(22)10-26-13-4-5-14-15(9-13)24-7-6-23-14/h1-5,8-9H,6-7,10H2,(H,20,22)(H2,19,21,25). The number of benzene rings is 2. The number of halogens is 1. The molecule has 26 heavy (non-hydrogen) atoms. The Morgan fingerprint density at radius 2 is 1.92 bits per heavy atom. The van der Waals surface area contributed by atoms with E-state index in [1.54, 1.807) is 18.2 Å². The number of hydrogen-bond acceptors (Lipinski definition) is 5. The number of nitrogens with one attached hydrogen (secondary N) is 3. The minimum absolute atomic E-state index is 0.208. The van der Waals surface area contributed by atoms with Gasteiger partial charge in [0, 0.05) is 15.6 Å². The average Bonchev–Trinajstić information content (AvgIpc) is 2.64. The van der Waals surface area contributed by atoms with Crippen LogP contribution in [-0.4, -0.2) is 30.0 Å². The number of rotatable bonds is 4. The van der Waals surface area contributed by atoms with Gasteiger partial charge < -0.3 is 14.8 Å². The lowest BCUT2D eigenvalue weighted by Crippen LogP contribution is -2.44. The second-order valence-electron chi connectivity index (χ2n) is 5.23. The monoisotopic (exact) mass is 409 g/mol. The molecule has 1 aliphatic rings. The third kappa shape index (κ3) is 5.42. The third-order valence-electron chi connectivity index (χ3n) is 3.28. The van der Waals surface area contributed by atoms with Crippen LogP contribution in [0, 0.1) is 0 Å². The minimum Gasteiger partial charge on any atom is -0.486 e. The second-order valence-corrected chi connectivity index (χ2v) is 7.13. The summed E-state index contributed by atoms with van der Waals surface area (Å²) in [6.45, 7) is 1.08. The van der Waals surface area contributed by atoms with Crippen LogP contribution in [0.15, 0.2) is 47.4 Å². The summed E-state index contributed by atoms with van der Waals surface area (Å²) < 4.78 is 11.0. The molecule has 1 aliphatic heterocycles. The van der Waals surface area contributed by atoms with Crippen molar-refractivity contribution < 1.29 is 14.3 Å². The first-order valence-electron chi connectivity index (χ1n) is 7.74. The maximum absolute atomic E-state index is 12.0. The maximum Gasteiger partial charge on any atom is 0.248 e. The van der Waals surface area contributed by atoms with Crippen LogP contribution < -0.4 is 25.6 Å². The van der Waals surface area contributed by atoms with Crippen molar-refractivity contribution in [1.29, 1.82) is 0 Å². The molecule has 0 atom stereocenters. The molecule has 0 aliphatic carbocycles. The Morgan fingerprint density at radius 1 is 1.12 bits per heavy atom. The zero-order valence-corrected chi connectivity index (χ0v) is 16.0. The fourth-order valence-corrected chi connectivity index (χ4v) is 3.24. The Labute approximate surface area is 165 Å². The summed E-state index contributed by atoms with van der Waals surface area (Å²) in [5.41, 5.74) is 5.94. The van der Waals surface area contributed by atoms with E-state index in [0.717, 1.165) is 16.3 Å². The molecule has 3 N–H and O–H groups in total. The van der Waals surface area contributed by atoms with E-state index in [1.807, 2.05) is 24.3 Å². The highest BCUT2D eigenvalue weighted by atomic mass is 35.5. The quantitative estimate of drug-likeness (QED) is 0.407. The Bertz CT molecular complexity index is 820. The largest absolute Gasteiger partial charge is 0.486 e. The zero-order valence-electron chi connectivity index (χ0n) is 13.6. The number of anilines is 1. The highest BCUT2D eigenvalue weighted by Crippen LogP contribution is 2.34. The fraction of sp³-hybridized carbons (Fsp3) is 0.176. The number of thioether (sulfide) groups is 1. The van der Waals surface area contributed by atoms with Crippen molar-refractivity contribution >= 4 is 52.3 Å². The van der Waals surface area contributed by atoms with Gasteiger partial charge in [-0.05, 0) is 48.6 Å². The number of amides is 1. The molecule has 0 spiro atoms. The number of thiocarbonyl (C=S) groups is 1. The van der Waals surface area contributed by atoms with Crippen LogP contribution in [0.1, 0.15) is 0 Å². The van der Waals surface area contributed by atoms with Gasteiger partial charge in [0.15, 0.2) is 16.6 Å². The average molecular weight is 410 g/mol. The summed E-state index contributed by atoms with van der Waals surface area (Å²) >= 11 is 12.4. The van der Waals surface area contributed by atoms with E-state index < -0.39 is 0 Å². The Balaban J connectivity index is 1.42. The summed E-state index contributed by atoms with van der Waals surface area (Å²) in [7, 11) is 0. The van der Waals surface area contributed by atoms with Gasteiger partial charge >= 0.3 is 0 Å². The smallest absolute Gasteiger partial charge is 0.248 e. The van der Waals surface area contributed by atoms with Crippen LogP contribution in [0.25, 0.3) is 0 Å². The molecule has 0 unspecified atom stereocenters. The number of hydrogen-bond donors (Lipinski definition) is 3. The van der Waals surface area contributed by atoms with Crippen LogP contribution in [0.5, 0.6) is 11.5 Å². The normalized spacial score (nSPS) is 12.2. The van der Waals surface area contributed by atoms with Crippen molar-refractivity contribution in [2.24, 2.45) is 0 Å². The summed E-state index contributed by atoms with van der Waals surface area (Å²) in [5, 5.41) is 3.79. The van der Waals surface area contributed by atoms with Gasteiger partial charge in [-0.2, -0.15) is 0 Å². The van der Waals surface area contributed by atoms with E-state index in [0.29, 0.717) is 24.0 Å². The number of ether oxygens (including phenoxy) is 2. The predicted molar refractivity (Wildman–Crippen MR) is 107 cm³/mol. The molecule has 0 saturated carbocycles. The van der Waals surface area contributed by atoms with Crippen LogP contribution in [-0.2, 0) is 4.79 Å². The fourth-order valence-electron chi connectivity index (χ4n) is 2.15. The highest BCUT2D eigenvalue weighted by molar-refractivity contribution is 8.00. The van der Waals surface area contributed by atoms with E-state index in [2.05, 4.69) is 16.2 Å². The Morgan fingerprint density at radius 3 is 2.73 bits per heavy atom. The summed E-state index contributed by atoms with van der Waals surface area (Å²) in [5.74, 6) is 1.45. The molecule has 6 nitrogen and oxygen atoms in total. The van der Waals surface area contributed by atoms with Crippen molar-refractivity contribution in [2.75, 3.05) is 24.3 Å². The molecule has 0 radical (unpaired) electrons. The Kier molecular flexibility index (Phi) is 6.43. The second kappa shape index (κ2) is 8.98. The lowest BCUT2D eigenvalue weighted by Gasteiger charge is -2.18. The van der Waals surface area contributed by atoms with Gasteiger partial charge in [-0.25, -0.2) is 0 Å². The van der Waals surface area contributed by atoms with Gasteiger partial charge in [0.2, 0.25) is 5.91 Å². The van der Waals surface area contributed by atoms with E-state index in [4.69, 9.17) is 33.3 Å². The van der Waals surface area contributed by atoms with E-state index in [9.17, 15) is 4.79 Å². The SMILES string of the molecule is O=C(CSc1ccc2c(c1)OCCO2)NNC(=S)Nc1cccc(Cl)c1. The van der Waals surface area contributed by atoms with Crippen LogP contribution in [0.4, 0.5) is 5.69 Å². The molecule has 0 saturated heterocycles. The lowest BCUT2D eigenvalue weighted by atomic mass is 10.3. The summed E-state index contributed by atoms with van der Waals surface area (Å²) in [4.78, 5) is 12.9. The highest BCUT2D eigenvalue weighted by Gasteiger charge is 2.12. The zero-order chi connectivity index (χ0) is 18.4. The van der Waals surface area contributed by atoms with Gasteiger partial charge in [0.1, 0.15) is 13.2 Å². The number of fused-ring (bicyclic) bond motifs is 1. The van der Waals surface area contributed by atoms with E-state index in [-0.39, 0.29) is 16.8 Å². The van der Waals surface area contributed by atoms with Gasteiger partial charge in [0.05, 0.1) is 5.75 Å². The molecule has 1 amide bonds. The molecule has 0 aromatic heterocycles. The molecule has 2 aromatic rings. The van der Waals surface area contributed by atoms with Crippen molar-refractivity contribution in [1.82, 2.24) is 10.9 Å². The summed E-state index contributed by atoms with van der Waals surface area (Å²) in [6, 6.07) is 12.7. The molecular weight excluding hydrogens is 394 g/mol. The third-order valence-corrected chi connectivity index (χ3v) is 4.71.